The molecule has 7 heteroatoms. The molecule has 2 amide bonds. The monoisotopic (exact) mass is 373 g/mol. The normalized spacial score (nSPS) is 17.4. The lowest BCUT2D eigenvalue weighted by atomic mass is 10.0. The van der Waals surface area contributed by atoms with E-state index in [-0.39, 0.29) is 23.6 Å². The van der Waals surface area contributed by atoms with Crippen molar-refractivity contribution in [1.29, 1.82) is 0 Å². The summed E-state index contributed by atoms with van der Waals surface area (Å²) in [7, 11) is 3.31. The van der Waals surface area contributed by atoms with Crippen LogP contribution in [0.15, 0.2) is 22.7 Å². The van der Waals surface area contributed by atoms with E-state index >= 15 is 0 Å². The van der Waals surface area contributed by atoms with Gasteiger partial charge in [0.05, 0.1) is 10.6 Å². The molecule has 2 heterocycles. The minimum Gasteiger partial charge on any atom is -0.355 e. The summed E-state index contributed by atoms with van der Waals surface area (Å²) in [4.78, 5) is 28.1. The molecule has 1 aromatic carbocycles. The highest BCUT2D eigenvalue weighted by molar-refractivity contribution is 6.34. The van der Waals surface area contributed by atoms with Gasteiger partial charge in [0.1, 0.15) is 0 Å². The maximum Gasteiger partial charge on any atom is 0.275 e. The number of hydrogen-bond acceptors (Lipinski definition) is 4. The standard InChI is InChI=1S/C19H20ClN3O3/c1-10(11-4-5-11)23-9-13-6-12(7-14(20)17(13)19(23)25)16-8-15(21-26-16)18(24)22(2)3/h6-8,10-11H,4-5,9H2,1-3H3/t10-/m0/s1. The van der Waals surface area contributed by atoms with Crippen LogP contribution in [0.2, 0.25) is 5.02 Å². The summed E-state index contributed by atoms with van der Waals surface area (Å²) in [5.74, 6) is 0.824. The molecule has 1 aliphatic carbocycles. The van der Waals surface area contributed by atoms with Crippen molar-refractivity contribution in [3.8, 4) is 11.3 Å². The second-order valence-corrected chi connectivity index (χ2v) is 7.69. The topological polar surface area (TPSA) is 66.7 Å². The van der Waals surface area contributed by atoms with Crippen LogP contribution in [0.1, 0.15) is 46.2 Å². The van der Waals surface area contributed by atoms with Gasteiger partial charge in [-0.25, -0.2) is 0 Å². The number of benzene rings is 1. The van der Waals surface area contributed by atoms with Crippen molar-refractivity contribution in [1.82, 2.24) is 15.0 Å². The molecule has 0 N–H and O–H groups in total. The minimum atomic E-state index is -0.230. The molecule has 1 atom stereocenters. The molecule has 0 bridgehead atoms. The third kappa shape index (κ3) is 2.78. The molecule has 26 heavy (non-hydrogen) atoms. The fraction of sp³-hybridized carbons (Fsp3) is 0.421. The first-order valence-electron chi connectivity index (χ1n) is 8.69. The molecular weight excluding hydrogens is 354 g/mol. The van der Waals surface area contributed by atoms with Crippen LogP contribution in [-0.4, -0.2) is 46.9 Å². The predicted octanol–water partition coefficient (Wildman–Crippen LogP) is 3.45. The number of rotatable bonds is 4. The Balaban J connectivity index is 1.66. The summed E-state index contributed by atoms with van der Waals surface area (Å²) in [5, 5.41) is 4.25. The molecule has 1 saturated carbocycles. The second-order valence-electron chi connectivity index (χ2n) is 7.28. The maximum atomic E-state index is 12.8. The molecule has 0 spiro atoms. The third-order valence-electron chi connectivity index (χ3n) is 5.20. The molecule has 0 radical (unpaired) electrons. The van der Waals surface area contributed by atoms with E-state index in [4.69, 9.17) is 16.1 Å². The lowest BCUT2D eigenvalue weighted by Crippen LogP contribution is -2.34. The lowest BCUT2D eigenvalue weighted by molar-refractivity contribution is 0.0697. The van der Waals surface area contributed by atoms with Crippen LogP contribution in [0.25, 0.3) is 11.3 Å². The van der Waals surface area contributed by atoms with Gasteiger partial charge >= 0.3 is 0 Å². The van der Waals surface area contributed by atoms with Crippen LogP contribution in [-0.2, 0) is 6.54 Å². The van der Waals surface area contributed by atoms with Gasteiger partial charge in [-0.05, 0) is 43.4 Å². The summed E-state index contributed by atoms with van der Waals surface area (Å²) in [5.41, 5.74) is 2.42. The van der Waals surface area contributed by atoms with Crippen LogP contribution >= 0.6 is 11.6 Å². The van der Waals surface area contributed by atoms with Crippen molar-refractivity contribution in [3.63, 3.8) is 0 Å². The van der Waals surface area contributed by atoms with Gasteiger partial charge in [-0.1, -0.05) is 16.8 Å². The number of amides is 2. The van der Waals surface area contributed by atoms with E-state index in [9.17, 15) is 9.59 Å². The smallest absolute Gasteiger partial charge is 0.275 e. The molecule has 0 saturated heterocycles. The fourth-order valence-corrected chi connectivity index (χ4v) is 3.79. The van der Waals surface area contributed by atoms with Gasteiger partial charge in [0, 0.05) is 38.3 Å². The summed E-state index contributed by atoms with van der Waals surface area (Å²) in [6.45, 7) is 2.66. The highest BCUT2D eigenvalue weighted by Gasteiger charge is 2.39. The van der Waals surface area contributed by atoms with Gasteiger partial charge in [-0.15, -0.1) is 0 Å². The summed E-state index contributed by atoms with van der Waals surface area (Å²) < 4.78 is 5.33. The Morgan fingerprint density at radius 2 is 2.08 bits per heavy atom. The van der Waals surface area contributed by atoms with E-state index in [2.05, 4.69) is 12.1 Å². The highest BCUT2D eigenvalue weighted by atomic mass is 35.5. The highest BCUT2D eigenvalue weighted by Crippen LogP contribution is 2.40. The summed E-state index contributed by atoms with van der Waals surface area (Å²) in [6, 6.07) is 5.43. The number of carbonyl (C=O) groups is 2. The first-order valence-corrected chi connectivity index (χ1v) is 9.06. The van der Waals surface area contributed by atoms with Crippen LogP contribution in [0.5, 0.6) is 0 Å². The zero-order chi connectivity index (χ0) is 18.6. The molecule has 1 fully saturated rings. The van der Waals surface area contributed by atoms with Crippen molar-refractivity contribution < 1.29 is 14.1 Å². The van der Waals surface area contributed by atoms with Crippen LogP contribution < -0.4 is 0 Å². The zero-order valence-corrected chi connectivity index (χ0v) is 15.7. The summed E-state index contributed by atoms with van der Waals surface area (Å²) >= 11 is 6.42. The Morgan fingerprint density at radius 3 is 2.73 bits per heavy atom. The Bertz CT molecular complexity index is 901. The van der Waals surface area contributed by atoms with Crippen molar-refractivity contribution in [2.24, 2.45) is 5.92 Å². The number of fused-ring (bicyclic) bond motifs is 1. The molecule has 4 rings (SSSR count). The molecule has 136 valence electrons. The third-order valence-corrected chi connectivity index (χ3v) is 5.50. The second kappa shape index (κ2) is 6.13. The predicted molar refractivity (Wildman–Crippen MR) is 97.0 cm³/mol. The van der Waals surface area contributed by atoms with Crippen LogP contribution in [0.3, 0.4) is 0 Å². The van der Waals surface area contributed by atoms with E-state index in [1.807, 2.05) is 11.0 Å². The average molecular weight is 374 g/mol. The molecule has 1 aromatic heterocycles. The van der Waals surface area contributed by atoms with Crippen molar-refractivity contribution in [2.45, 2.75) is 32.4 Å². The Morgan fingerprint density at radius 1 is 1.35 bits per heavy atom. The molecule has 1 aliphatic heterocycles. The largest absolute Gasteiger partial charge is 0.355 e. The maximum absolute atomic E-state index is 12.8. The first-order chi connectivity index (χ1) is 12.4. The molecule has 0 unspecified atom stereocenters. The number of aromatic nitrogens is 1. The number of halogens is 1. The van der Waals surface area contributed by atoms with E-state index in [0.29, 0.717) is 34.4 Å². The Hall–Kier alpha value is -2.34. The number of nitrogens with zero attached hydrogens (tertiary/aromatic N) is 3. The van der Waals surface area contributed by atoms with Crippen LogP contribution in [0.4, 0.5) is 0 Å². The average Bonchev–Trinajstić information content (AvgIpc) is 3.23. The first kappa shape index (κ1) is 17.1. The Labute approximate surface area is 156 Å². The van der Waals surface area contributed by atoms with E-state index in [0.717, 1.165) is 5.56 Å². The van der Waals surface area contributed by atoms with Crippen molar-refractivity contribution in [3.05, 3.63) is 40.0 Å². The van der Waals surface area contributed by atoms with Gasteiger partial charge in [0.15, 0.2) is 11.5 Å². The van der Waals surface area contributed by atoms with E-state index in [1.54, 1.807) is 26.2 Å². The van der Waals surface area contributed by atoms with Gasteiger partial charge in [-0.3, -0.25) is 9.59 Å². The quantitative estimate of drug-likeness (QED) is 0.823. The van der Waals surface area contributed by atoms with Gasteiger partial charge in [-0.2, -0.15) is 0 Å². The van der Waals surface area contributed by atoms with Crippen LogP contribution in [0, 0.1) is 5.92 Å². The SMILES string of the molecule is C[C@@H](C1CC1)N1Cc2cc(-c3cc(C(=O)N(C)C)no3)cc(Cl)c2C1=O. The lowest BCUT2D eigenvalue weighted by Gasteiger charge is -2.23. The van der Waals surface area contributed by atoms with Crippen molar-refractivity contribution >= 4 is 23.4 Å². The Kier molecular flexibility index (Phi) is 4.03. The minimum absolute atomic E-state index is 0.00278. The zero-order valence-electron chi connectivity index (χ0n) is 15.0. The van der Waals surface area contributed by atoms with Gasteiger partial charge < -0.3 is 14.3 Å². The number of carbonyl (C=O) groups excluding carboxylic acids is 2. The van der Waals surface area contributed by atoms with Crippen molar-refractivity contribution in [2.75, 3.05) is 14.1 Å². The van der Waals surface area contributed by atoms with E-state index in [1.165, 1.54) is 17.7 Å². The molecule has 2 aliphatic rings. The number of hydrogen-bond donors (Lipinski definition) is 0. The molecular formula is C19H20ClN3O3. The molecule has 6 nitrogen and oxygen atoms in total. The summed E-state index contributed by atoms with van der Waals surface area (Å²) in [6.07, 6.45) is 2.36. The van der Waals surface area contributed by atoms with Gasteiger partial charge in [0.25, 0.3) is 11.8 Å². The van der Waals surface area contributed by atoms with E-state index < -0.39 is 0 Å². The molecule has 2 aromatic rings. The fourth-order valence-electron chi connectivity index (χ4n) is 3.47. The van der Waals surface area contributed by atoms with Gasteiger partial charge in [0.2, 0.25) is 0 Å².